The van der Waals surface area contributed by atoms with E-state index in [4.69, 9.17) is 5.73 Å². The second kappa shape index (κ2) is 5.79. The van der Waals surface area contributed by atoms with Crippen LogP contribution in [0.5, 0.6) is 5.75 Å². The van der Waals surface area contributed by atoms with Crippen molar-refractivity contribution in [2.75, 3.05) is 0 Å². The lowest BCUT2D eigenvalue weighted by Gasteiger charge is -2.13. The summed E-state index contributed by atoms with van der Waals surface area (Å²) in [7, 11) is 0. The van der Waals surface area contributed by atoms with Crippen LogP contribution < -0.4 is 5.73 Å². The summed E-state index contributed by atoms with van der Waals surface area (Å²) in [6, 6.07) is 3.83. The van der Waals surface area contributed by atoms with E-state index in [9.17, 15) is 5.11 Å². The van der Waals surface area contributed by atoms with Gasteiger partial charge in [-0.2, -0.15) is 0 Å². The Morgan fingerprint density at radius 1 is 1.40 bits per heavy atom. The summed E-state index contributed by atoms with van der Waals surface area (Å²) in [4.78, 5) is 0. The summed E-state index contributed by atoms with van der Waals surface area (Å²) >= 11 is 0. The topological polar surface area (TPSA) is 46.2 Å². The molecule has 84 valence electrons. The minimum Gasteiger partial charge on any atom is -0.507 e. The number of nitrogens with two attached hydrogens (primary N) is 1. The molecule has 0 saturated carbocycles. The van der Waals surface area contributed by atoms with Crippen LogP contribution in [0.1, 0.15) is 29.2 Å². The van der Waals surface area contributed by atoms with Crippen LogP contribution in [0, 0.1) is 13.8 Å². The van der Waals surface area contributed by atoms with Crippen molar-refractivity contribution in [3.05, 3.63) is 41.5 Å². The van der Waals surface area contributed by atoms with Gasteiger partial charge in [0.25, 0.3) is 0 Å². The molecule has 1 aromatic rings. The Morgan fingerprint density at radius 3 is 2.27 bits per heavy atom. The molecule has 0 bridgehead atoms. The molecular formula is C12H18ClNO. The zero-order valence-electron chi connectivity index (χ0n) is 9.16. The van der Waals surface area contributed by atoms with Gasteiger partial charge in [-0.25, -0.2) is 0 Å². The molecule has 0 aliphatic rings. The summed E-state index contributed by atoms with van der Waals surface area (Å²) in [5.41, 5.74) is 8.74. The number of aryl methyl sites for hydroxylation is 2. The number of halogens is 1. The van der Waals surface area contributed by atoms with E-state index < -0.39 is 0 Å². The minimum atomic E-state index is -0.0227. The van der Waals surface area contributed by atoms with Crippen molar-refractivity contribution in [2.24, 2.45) is 5.73 Å². The van der Waals surface area contributed by atoms with E-state index in [1.807, 2.05) is 32.1 Å². The van der Waals surface area contributed by atoms with Crippen LogP contribution in [0.2, 0.25) is 0 Å². The van der Waals surface area contributed by atoms with Crippen LogP contribution >= 0.6 is 12.4 Å². The molecule has 1 atom stereocenters. The molecule has 0 heterocycles. The van der Waals surface area contributed by atoms with Gasteiger partial charge in [0.15, 0.2) is 0 Å². The Kier molecular flexibility index (Phi) is 5.40. The fourth-order valence-electron chi connectivity index (χ4n) is 1.52. The normalized spacial score (nSPS) is 11.7. The second-order valence-corrected chi connectivity index (χ2v) is 3.63. The molecule has 0 radical (unpaired) electrons. The van der Waals surface area contributed by atoms with Crippen LogP contribution in [0.15, 0.2) is 24.8 Å². The Bertz CT molecular complexity index is 326. The third-order valence-corrected chi connectivity index (χ3v) is 2.36. The van der Waals surface area contributed by atoms with Gasteiger partial charge in [0, 0.05) is 6.04 Å². The zero-order chi connectivity index (χ0) is 10.7. The van der Waals surface area contributed by atoms with Crippen LogP contribution in [-0.4, -0.2) is 5.11 Å². The van der Waals surface area contributed by atoms with E-state index in [2.05, 4.69) is 6.58 Å². The van der Waals surface area contributed by atoms with Crippen molar-refractivity contribution in [1.82, 2.24) is 0 Å². The van der Waals surface area contributed by atoms with Crippen molar-refractivity contribution >= 4 is 12.4 Å². The highest BCUT2D eigenvalue weighted by Gasteiger charge is 2.08. The van der Waals surface area contributed by atoms with E-state index in [0.717, 1.165) is 23.1 Å². The number of benzene rings is 1. The summed E-state index contributed by atoms with van der Waals surface area (Å²) in [6.45, 7) is 7.42. The number of phenols is 1. The lowest BCUT2D eigenvalue weighted by molar-refractivity contribution is 0.466. The maximum atomic E-state index is 9.58. The zero-order valence-corrected chi connectivity index (χ0v) is 9.97. The molecule has 3 heteroatoms. The van der Waals surface area contributed by atoms with E-state index in [1.54, 1.807) is 0 Å². The highest BCUT2D eigenvalue weighted by molar-refractivity contribution is 5.85. The van der Waals surface area contributed by atoms with Crippen LogP contribution in [0.3, 0.4) is 0 Å². The third kappa shape index (κ3) is 3.26. The molecule has 0 spiro atoms. The molecule has 1 rings (SSSR count). The first-order chi connectivity index (χ1) is 6.56. The third-order valence-electron chi connectivity index (χ3n) is 2.36. The molecule has 1 aromatic carbocycles. The molecule has 0 saturated heterocycles. The monoisotopic (exact) mass is 227 g/mol. The number of aromatic hydroxyl groups is 1. The number of hydrogen-bond donors (Lipinski definition) is 2. The molecule has 15 heavy (non-hydrogen) atoms. The smallest absolute Gasteiger partial charge is 0.121 e. The first-order valence-corrected chi connectivity index (χ1v) is 4.73. The van der Waals surface area contributed by atoms with Gasteiger partial charge in [0.1, 0.15) is 5.75 Å². The molecule has 0 fully saturated rings. The molecule has 0 amide bonds. The van der Waals surface area contributed by atoms with E-state index in [-0.39, 0.29) is 18.4 Å². The first-order valence-electron chi connectivity index (χ1n) is 4.73. The van der Waals surface area contributed by atoms with Gasteiger partial charge in [-0.15, -0.1) is 19.0 Å². The van der Waals surface area contributed by atoms with Gasteiger partial charge in [0.2, 0.25) is 0 Å². The molecular weight excluding hydrogens is 210 g/mol. The maximum Gasteiger partial charge on any atom is 0.121 e. The lowest BCUT2D eigenvalue weighted by Crippen LogP contribution is -2.09. The predicted molar refractivity (Wildman–Crippen MR) is 66.6 cm³/mol. The van der Waals surface area contributed by atoms with Gasteiger partial charge in [0.05, 0.1) is 0 Å². The van der Waals surface area contributed by atoms with Gasteiger partial charge in [-0.3, -0.25) is 0 Å². The maximum absolute atomic E-state index is 9.58. The van der Waals surface area contributed by atoms with Gasteiger partial charge in [-0.1, -0.05) is 18.2 Å². The highest BCUT2D eigenvalue weighted by Crippen LogP contribution is 2.26. The average molecular weight is 228 g/mol. The molecule has 0 aliphatic carbocycles. The quantitative estimate of drug-likeness (QED) is 0.780. The number of rotatable bonds is 3. The highest BCUT2D eigenvalue weighted by atomic mass is 35.5. The van der Waals surface area contributed by atoms with Gasteiger partial charge in [-0.05, 0) is 37.0 Å². The van der Waals surface area contributed by atoms with E-state index in [0.29, 0.717) is 5.75 Å². The summed E-state index contributed by atoms with van der Waals surface area (Å²) < 4.78 is 0. The summed E-state index contributed by atoms with van der Waals surface area (Å²) in [5, 5.41) is 9.58. The van der Waals surface area contributed by atoms with Crippen molar-refractivity contribution in [2.45, 2.75) is 26.3 Å². The van der Waals surface area contributed by atoms with Crippen molar-refractivity contribution in [3.63, 3.8) is 0 Å². The standard InChI is InChI=1S/C12H17NO.ClH/c1-4-5-11(13)10-6-8(2)12(14)9(3)7-10;/h4,6-7,11,14H,1,5,13H2,2-3H3;1H/t11-;/m0./s1. The van der Waals surface area contributed by atoms with Crippen LogP contribution in [0.4, 0.5) is 0 Å². The van der Waals surface area contributed by atoms with Crippen molar-refractivity contribution in [1.29, 1.82) is 0 Å². The predicted octanol–water partition coefficient (Wildman–Crippen LogP) is 3.01. The van der Waals surface area contributed by atoms with Crippen molar-refractivity contribution < 1.29 is 5.11 Å². The van der Waals surface area contributed by atoms with Gasteiger partial charge < -0.3 is 10.8 Å². The largest absolute Gasteiger partial charge is 0.507 e. The summed E-state index contributed by atoms with van der Waals surface area (Å²) in [5.74, 6) is 0.361. The fraction of sp³-hybridized carbons (Fsp3) is 0.333. The van der Waals surface area contributed by atoms with Gasteiger partial charge >= 0.3 is 0 Å². The minimum absolute atomic E-state index is 0. The Labute approximate surface area is 97.2 Å². The summed E-state index contributed by atoms with van der Waals surface area (Å²) in [6.07, 6.45) is 2.56. The van der Waals surface area contributed by atoms with E-state index in [1.165, 1.54) is 0 Å². The first kappa shape index (κ1) is 14.0. The van der Waals surface area contributed by atoms with Crippen LogP contribution in [-0.2, 0) is 0 Å². The molecule has 0 aliphatic heterocycles. The molecule has 0 unspecified atom stereocenters. The Hall–Kier alpha value is -0.990. The lowest BCUT2D eigenvalue weighted by atomic mass is 9.99. The number of phenolic OH excluding ortho intramolecular Hbond substituents is 1. The Balaban J connectivity index is 0.00000196. The second-order valence-electron chi connectivity index (χ2n) is 3.63. The Morgan fingerprint density at radius 2 is 1.87 bits per heavy atom. The molecule has 2 nitrogen and oxygen atoms in total. The van der Waals surface area contributed by atoms with Crippen molar-refractivity contribution in [3.8, 4) is 5.75 Å². The number of hydrogen-bond acceptors (Lipinski definition) is 2. The average Bonchev–Trinajstić information content (AvgIpc) is 2.13. The molecule has 3 N–H and O–H groups in total. The van der Waals surface area contributed by atoms with Crippen LogP contribution in [0.25, 0.3) is 0 Å². The molecule has 0 aromatic heterocycles. The SMILES string of the molecule is C=CC[C@H](N)c1cc(C)c(O)c(C)c1.Cl. The fourth-order valence-corrected chi connectivity index (χ4v) is 1.52. The van der Waals surface area contributed by atoms with E-state index >= 15 is 0 Å².